The molecule has 13 heteroatoms. The molecule has 0 atom stereocenters. The van der Waals surface area contributed by atoms with Crippen LogP contribution >= 0.6 is 11.6 Å². The van der Waals surface area contributed by atoms with E-state index in [9.17, 15) is 27.2 Å². The number of nitrogens with one attached hydrogen (secondary N) is 1. The average molecular weight is 468 g/mol. The molecule has 0 heterocycles. The van der Waals surface area contributed by atoms with E-state index in [4.69, 9.17) is 36.4 Å². The van der Waals surface area contributed by atoms with Crippen LogP contribution in [-0.4, -0.2) is 45.8 Å². The molecule has 0 aromatic heterocycles. The summed E-state index contributed by atoms with van der Waals surface area (Å²) in [6.07, 6.45) is -7.34. The molecule has 2 aromatic rings. The summed E-state index contributed by atoms with van der Waals surface area (Å²) in [5, 5.41) is 28.1. The highest BCUT2D eigenvalue weighted by molar-refractivity contribution is 6.32. The van der Waals surface area contributed by atoms with Crippen molar-refractivity contribution in [1.82, 2.24) is 0 Å². The van der Waals surface area contributed by atoms with Gasteiger partial charge in [0.1, 0.15) is 11.6 Å². The zero-order valence-electron chi connectivity index (χ0n) is 15.2. The van der Waals surface area contributed by atoms with Crippen LogP contribution in [0.4, 0.5) is 23.2 Å². The molecule has 0 aliphatic carbocycles. The third kappa shape index (κ3) is 6.44. The second-order valence-electron chi connectivity index (χ2n) is 6.03. The standard InChI is InChI=1S/C18H14ClF4NO7/c19-9-5-10(20)11(24-15(25)7-17(28,29)18(21,22)23)6-14(9)31-13-4-2-1-3-12(13)30-8-16(26)27/h1-6,28-29H,7-8H2,(H,24,25)(H,26,27). The van der Waals surface area contributed by atoms with Crippen LogP contribution in [0.3, 0.4) is 0 Å². The van der Waals surface area contributed by atoms with Crippen LogP contribution < -0.4 is 14.8 Å². The maximum absolute atomic E-state index is 14.1. The molecule has 0 saturated heterocycles. The van der Waals surface area contributed by atoms with Gasteiger partial charge in [0, 0.05) is 6.07 Å². The van der Waals surface area contributed by atoms with E-state index in [1.165, 1.54) is 24.3 Å². The van der Waals surface area contributed by atoms with Gasteiger partial charge in [-0.1, -0.05) is 23.7 Å². The minimum absolute atomic E-state index is 0.00796. The highest BCUT2D eigenvalue weighted by Gasteiger charge is 2.54. The van der Waals surface area contributed by atoms with Crippen molar-refractivity contribution in [2.45, 2.75) is 18.4 Å². The second-order valence-corrected chi connectivity index (χ2v) is 6.44. The number of halogens is 5. The van der Waals surface area contributed by atoms with Gasteiger partial charge in [-0.05, 0) is 18.2 Å². The molecule has 0 aliphatic rings. The molecule has 0 aliphatic heterocycles. The molecule has 0 radical (unpaired) electrons. The fourth-order valence-electron chi connectivity index (χ4n) is 2.13. The molecule has 0 fully saturated rings. The molecule has 0 unspecified atom stereocenters. The number of para-hydroxylation sites is 2. The van der Waals surface area contributed by atoms with E-state index in [0.29, 0.717) is 6.07 Å². The van der Waals surface area contributed by atoms with Crippen molar-refractivity contribution in [2.75, 3.05) is 11.9 Å². The Bertz CT molecular complexity index is 982. The topological polar surface area (TPSA) is 125 Å². The predicted molar refractivity (Wildman–Crippen MR) is 97.5 cm³/mol. The lowest BCUT2D eigenvalue weighted by Crippen LogP contribution is -2.47. The highest BCUT2D eigenvalue weighted by atomic mass is 35.5. The van der Waals surface area contributed by atoms with Gasteiger partial charge in [0.2, 0.25) is 5.91 Å². The number of aliphatic carboxylic acids is 1. The Hall–Kier alpha value is -3.09. The fourth-order valence-corrected chi connectivity index (χ4v) is 2.32. The molecule has 31 heavy (non-hydrogen) atoms. The number of rotatable bonds is 8. The Balaban J connectivity index is 2.24. The molecule has 8 nitrogen and oxygen atoms in total. The Morgan fingerprint density at radius 3 is 2.26 bits per heavy atom. The summed E-state index contributed by atoms with van der Waals surface area (Å²) in [6.45, 7) is -0.692. The van der Waals surface area contributed by atoms with Gasteiger partial charge in [-0.15, -0.1) is 0 Å². The van der Waals surface area contributed by atoms with Crippen molar-refractivity contribution in [2.24, 2.45) is 0 Å². The number of amides is 1. The monoisotopic (exact) mass is 467 g/mol. The van der Waals surface area contributed by atoms with Gasteiger partial charge in [-0.3, -0.25) is 4.79 Å². The summed E-state index contributed by atoms with van der Waals surface area (Å²) >= 11 is 5.89. The second kappa shape index (κ2) is 9.37. The van der Waals surface area contributed by atoms with Crippen LogP contribution in [0.5, 0.6) is 17.2 Å². The van der Waals surface area contributed by atoms with E-state index >= 15 is 0 Å². The Kier molecular flexibility index (Phi) is 7.31. The molecule has 0 bridgehead atoms. The number of hydrogen-bond acceptors (Lipinski definition) is 6. The molecular formula is C18H14ClF4NO7. The molecule has 0 saturated carbocycles. The van der Waals surface area contributed by atoms with Gasteiger partial charge in [-0.25, -0.2) is 9.18 Å². The summed E-state index contributed by atoms with van der Waals surface area (Å²) in [5.74, 6) is -8.58. The summed E-state index contributed by atoms with van der Waals surface area (Å²) in [5.41, 5.74) is -0.661. The summed E-state index contributed by atoms with van der Waals surface area (Å²) < 4.78 is 62.0. The van der Waals surface area contributed by atoms with Crippen LogP contribution in [-0.2, 0) is 9.59 Å². The number of benzene rings is 2. The lowest BCUT2D eigenvalue weighted by molar-refractivity contribution is -0.347. The first kappa shape index (κ1) is 24.2. The summed E-state index contributed by atoms with van der Waals surface area (Å²) in [6, 6.07) is 7.29. The van der Waals surface area contributed by atoms with Crippen molar-refractivity contribution in [3.63, 3.8) is 0 Å². The lowest BCUT2D eigenvalue weighted by Gasteiger charge is -2.23. The number of alkyl halides is 3. The van der Waals surface area contributed by atoms with Crippen LogP contribution in [0.1, 0.15) is 6.42 Å². The normalized spacial score (nSPS) is 11.7. The maximum Gasteiger partial charge on any atom is 0.443 e. The molecule has 4 N–H and O–H groups in total. The fraction of sp³-hybridized carbons (Fsp3) is 0.222. The predicted octanol–water partition coefficient (Wildman–Crippen LogP) is 3.31. The molecule has 2 aromatic carbocycles. The largest absolute Gasteiger partial charge is 0.479 e. The third-order valence-electron chi connectivity index (χ3n) is 3.58. The van der Waals surface area contributed by atoms with Gasteiger partial charge in [0.25, 0.3) is 5.79 Å². The number of aliphatic hydroxyl groups is 2. The lowest BCUT2D eigenvalue weighted by atomic mass is 10.1. The van der Waals surface area contributed by atoms with Crippen molar-refractivity contribution in [3.8, 4) is 17.2 Å². The first-order valence-corrected chi connectivity index (χ1v) is 8.60. The van der Waals surface area contributed by atoms with E-state index in [-0.39, 0.29) is 22.3 Å². The van der Waals surface area contributed by atoms with E-state index in [2.05, 4.69) is 0 Å². The Morgan fingerprint density at radius 1 is 1.06 bits per heavy atom. The van der Waals surface area contributed by atoms with Gasteiger partial charge < -0.3 is 30.1 Å². The number of carbonyl (C=O) groups excluding carboxylic acids is 1. The van der Waals surface area contributed by atoms with Crippen LogP contribution in [0.2, 0.25) is 5.02 Å². The first-order chi connectivity index (χ1) is 14.3. The van der Waals surface area contributed by atoms with E-state index < -0.39 is 48.4 Å². The number of carbonyl (C=O) groups is 2. The maximum atomic E-state index is 14.1. The van der Waals surface area contributed by atoms with Gasteiger partial charge in [-0.2, -0.15) is 13.2 Å². The van der Waals surface area contributed by atoms with Gasteiger partial charge in [0.15, 0.2) is 18.1 Å². The minimum Gasteiger partial charge on any atom is -0.479 e. The number of anilines is 1. The molecular weight excluding hydrogens is 454 g/mol. The van der Waals surface area contributed by atoms with Crippen molar-refractivity contribution in [3.05, 3.63) is 47.2 Å². The molecule has 1 amide bonds. The number of hydrogen-bond donors (Lipinski definition) is 4. The highest BCUT2D eigenvalue weighted by Crippen LogP contribution is 2.38. The van der Waals surface area contributed by atoms with Crippen LogP contribution in [0, 0.1) is 5.82 Å². The first-order valence-electron chi connectivity index (χ1n) is 8.22. The van der Waals surface area contributed by atoms with Gasteiger partial charge >= 0.3 is 12.1 Å². The minimum atomic E-state index is -5.52. The van der Waals surface area contributed by atoms with Crippen LogP contribution in [0.25, 0.3) is 0 Å². The van der Waals surface area contributed by atoms with Gasteiger partial charge in [0.05, 0.1) is 17.1 Å². The summed E-state index contributed by atoms with van der Waals surface area (Å²) in [4.78, 5) is 22.4. The summed E-state index contributed by atoms with van der Waals surface area (Å²) in [7, 11) is 0. The van der Waals surface area contributed by atoms with Crippen molar-refractivity contribution >= 4 is 29.2 Å². The quantitative estimate of drug-likeness (QED) is 0.347. The average Bonchev–Trinajstić information content (AvgIpc) is 2.63. The van der Waals surface area contributed by atoms with E-state index in [0.717, 1.165) is 6.07 Å². The third-order valence-corrected chi connectivity index (χ3v) is 3.87. The Labute approximate surface area is 176 Å². The van der Waals surface area contributed by atoms with E-state index in [1.54, 1.807) is 5.32 Å². The zero-order chi connectivity index (χ0) is 23.4. The van der Waals surface area contributed by atoms with Crippen molar-refractivity contribution < 1.29 is 51.9 Å². The number of ether oxygens (including phenoxy) is 2. The Morgan fingerprint density at radius 2 is 1.68 bits per heavy atom. The van der Waals surface area contributed by atoms with Crippen LogP contribution in [0.15, 0.2) is 36.4 Å². The number of carboxylic acids is 1. The smallest absolute Gasteiger partial charge is 0.443 e. The SMILES string of the molecule is O=C(O)COc1ccccc1Oc1cc(NC(=O)CC(O)(O)C(F)(F)F)c(F)cc1Cl. The molecule has 0 spiro atoms. The molecule has 168 valence electrons. The zero-order valence-corrected chi connectivity index (χ0v) is 16.0. The van der Waals surface area contributed by atoms with E-state index in [1.807, 2.05) is 0 Å². The van der Waals surface area contributed by atoms with Crippen molar-refractivity contribution in [1.29, 1.82) is 0 Å². The molecule has 2 rings (SSSR count). The number of carboxylic acid groups (broad SMARTS) is 1.